The minimum Gasteiger partial charge on any atom is -0.434 e. The van der Waals surface area contributed by atoms with Gasteiger partial charge in [0, 0.05) is 27.5 Å². The van der Waals surface area contributed by atoms with Crippen LogP contribution >= 0.6 is 15.9 Å². The normalized spacial score (nSPS) is 11.1. The number of benzene rings is 3. The van der Waals surface area contributed by atoms with Gasteiger partial charge in [0.15, 0.2) is 11.2 Å². The fourth-order valence-corrected chi connectivity index (χ4v) is 3.79. The Labute approximate surface area is 174 Å². The van der Waals surface area contributed by atoms with E-state index in [-0.39, 0.29) is 5.91 Å². The number of oxazole rings is 1. The molecule has 0 saturated carbocycles. The Morgan fingerprint density at radius 3 is 2.66 bits per heavy atom. The third-order valence-corrected chi connectivity index (χ3v) is 5.34. The van der Waals surface area contributed by atoms with Gasteiger partial charge in [0.05, 0.1) is 0 Å². The van der Waals surface area contributed by atoms with E-state index < -0.39 is 0 Å². The molecule has 0 aliphatic heterocycles. The number of carbonyl (C=O) groups excluding carboxylic acids is 1. The number of halogens is 1. The van der Waals surface area contributed by atoms with Gasteiger partial charge in [0.2, 0.25) is 5.89 Å². The Morgan fingerprint density at radius 1 is 0.931 bits per heavy atom. The predicted molar refractivity (Wildman–Crippen MR) is 117 cm³/mol. The van der Waals surface area contributed by atoms with E-state index in [0.717, 1.165) is 20.8 Å². The molecule has 2 heterocycles. The highest BCUT2D eigenvalue weighted by Gasteiger charge is 2.13. The second kappa shape index (κ2) is 7.14. The molecule has 0 unspecified atom stereocenters. The number of aromatic nitrogens is 2. The van der Waals surface area contributed by atoms with Gasteiger partial charge in [0.25, 0.3) is 5.91 Å². The van der Waals surface area contributed by atoms with Crippen LogP contribution < -0.4 is 5.32 Å². The standard InChI is InChI=1S/C23H14BrN3O2/c24-19-10-3-7-16-17(19)8-2-9-18(16)22(28)26-15-6-1-5-14(13-15)23-27-21-20(29-23)11-4-12-25-21/h1-13H,(H,26,28). The number of fused-ring (bicyclic) bond motifs is 2. The van der Waals surface area contributed by atoms with Crippen molar-refractivity contribution in [1.29, 1.82) is 0 Å². The van der Waals surface area contributed by atoms with Crippen molar-refractivity contribution in [3.8, 4) is 11.5 Å². The lowest BCUT2D eigenvalue weighted by Gasteiger charge is -2.09. The Kier molecular flexibility index (Phi) is 4.33. The zero-order chi connectivity index (χ0) is 19.8. The Morgan fingerprint density at radius 2 is 1.76 bits per heavy atom. The summed E-state index contributed by atoms with van der Waals surface area (Å²) in [5.74, 6) is 0.286. The van der Waals surface area contributed by atoms with Crippen molar-refractivity contribution in [1.82, 2.24) is 9.97 Å². The molecule has 5 nitrogen and oxygen atoms in total. The van der Waals surface area contributed by atoms with Crippen LogP contribution in [0, 0.1) is 0 Å². The van der Waals surface area contributed by atoms with E-state index in [4.69, 9.17) is 4.42 Å². The Hall–Kier alpha value is -3.51. The lowest BCUT2D eigenvalue weighted by atomic mass is 10.0. The summed E-state index contributed by atoms with van der Waals surface area (Å²) >= 11 is 3.54. The second-order valence-corrected chi connectivity index (χ2v) is 7.37. The molecule has 0 atom stereocenters. The van der Waals surface area contributed by atoms with Gasteiger partial charge in [0.1, 0.15) is 0 Å². The first kappa shape index (κ1) is 17.6. The van der Waals surface area contributed by atoms with Crippen LogP contribution in [0.15, 0.2) is 87.9 Å². The van der Waals surface area contributed by atoms with Crippen LogP contribution in [0.2, 0.25) is 0 Å². The largest absolute Gasteiger partial charge is 0.434 e. The lowest BCUT2D eigenvalue weighted by molar-refractivity contribution is 0.102. The molecule has 0 aliphatic rings. The predicted octanol–water partition coefficient (Wildman–Crippen LogP) is 6.06. The van der Waals surface area contributed by atoms with Crippen molar-refractivity contribution >= 4 is 49.5 Å². The van der Waals surface area contributed by atoms with Crippen LogP contribution in [0.25, 0.3) is 33.5 Å². The van der Waals surface area contributed by atoms with Crippen LogP contribution in [-0.2, 0) is 0 Å². The maximum atomic E-state index is 13.0. The summed E-state index contributed by atoms with van der Waals surface area (Å²) in [5.41, 5.74) is 3.22. The molecule has 6 heteroatoms. The molecule has 0 saturated heterocycles. The van der Waals surface area contributed by atoms with Gasteiger partial charge in [-0.25, -0.2) is 4.98 Å². The van der Waals surface area contributed by atoms with Gasteiger partial charge in [-0.3, -0.25) is 4.79 Å². The van der Waals surface area contributed by atoms with Crippen LogP contribution in [0.3, 0.4) is 0 Å². The van der Waals surface area contributed by atoms with E-state index in [1.807, 2.05) is 66.7 Å². The highest BCUT2D eigenvalue weighted by atomic mass is 79.9. The van der Waals surface area contributed by atoms with Crippen molar-refractivity contribution in [2.45, 2.75) is 0 Å². The van der Waals surface area contributed by atoms with Gasteiger partial charge in [-0.15, -0.1) is 0 Å². The number of hydrogen-bond acceptors (Lipinski definition) is 4. The summed E-state index contributed by atoms with van der Waals surface area (Å²) in [6.45, 7) is 0. The Bertz CT molecular complexity index is 1340. The number of rotatable bonds is 3. The van der Waals surface area contributed by atoms with Crippen molar-refractivity contribution in [3.05, 3.63) is 89.0 Å². The number of hydrogen-bond donors (Lipinski definition) is 1. The third-order valence-electron chi connectivity index (χ3n) is 4.65. The highest BCUT2D eigenvalue weighted by Crippen LogP contribution is 2.28. The molecule has 5 aromatic rings. The monoisotopic (exact) mass is 443 g/mol. The van der Waals surface area contributed by atoms with Crippen LogP contribution in [0.4, 0.5) is 5.69 Å². The molecule has 0 fully saturated rings. The van der Waals surface area contributed by atoms with E-state index in [0.29, 0.717) is 28.4 Å². The molecule has 1 N–H and O–H groups in total. The zero-order valence-electron chi connectivity index (χ0n) is 15.1. The maximum absolute atomic E-state index is 13.0. The number of anilines is 1. The molecule has 2 aromatic heterocycles. The molecule has 1 amide bonds. The highest BCUT2D eigenvalue weighted by molar-refractivity contribution is 9.10. The van der Waals surface area contributed by atoms with Gasteiger partial charge in [-0.05, 0) is 53.2 Å². The van der Waals surface area contributed by atoms with Crippen LogP contribution in [0.1, 0.15) is 10.4 Å². The van der Waals surface area contributed by atoms with E-state index in [2.05, 4.69) is 31.2 Å². The molecule has 0 aliphatic carbocycles. The van der Waals surface area contributed by atoms with E-state index in [1.54, 1.807) is 12.3 Å². The molecule has 0 radical (unpaired) electrons. The number of amides is 1. The average Bonchev–Trinajstić information content (AvgIpc) is 3.18. The first-order valence-electron chi connectivity index (χ1n) is 9.00. The van der Waals surface area contributed by atoms with Crippen molar-refractivity contribution in [3.63, 3.8) is 0 Å². The zero-order valence-corrected chi connectivity index (χ0v) is 16.7. The topological polar surface area (TPSA) is 68.0 Å². The maximum Gasteiger partial charge on any atom is 0.256 e. The van der Waals surface area contributed by atoms with E-state index >= 15 is 0 Å². The quantitative estimate of drug-likeness (QED) is 0.368. The van der Waals surface area contributed by atoms with Crippen molar-refractivity contribution < 1.29 is 9.21 Å². The summed E-state index contributed by atoms with van der Waals surface area (Å²) in [5, 5.41) is 4.86. The van der Waals surface area contributed by atoms with Gasteiger partial charge >= 0.3 is 0 Å². The van der Waals surface area contributed by atoms with Gasteiger partial charge < -0.3 is 9.73 Å². The van der Waals surface area contributed by atoms with Crippen LogP contribution in [0.5, 0.6) is 0 Å². The molecule has 0 spiro atoms. The molecule has 5 rings (SSSR count). The van der Waals surface area contributed by atoms with Gasteiger partial charge in [-0.1, -0.05) is 46.3 Å². The molecule has 0 bridgehead atoms. The molecule has 140 valence electrons. The summed E-state index contributed by atoms with van der Waals surface area (Å²) < 4.78 is 6.73. The molecule has 3 aromatic carbocycles. The lowest BCUT2D eigenvalue weighted by Crippen LogP contribution is -2.12. The summed E-state index contributed by atoms with van der Waals surface area (Å²) in [7, 11) is 0. The first-order chi connectivity index (χ1) is 14.2. The SMILES string of the molecule is O=C(Nc1cccc(-c2nc3ncccc3o2)c1)c1cccc2c(Br)cccc12. The minimum absolute atomic E-state index is 0.176. The summed E-state index contributed by atoms with van der Waals surface area (Å²) in [6.07, 6.45) is 1.67. The van der Waals surface area contributed by atoms with Gasteiger partial charge in [-0.2, -0.15) is 4.98 Å². The number of pyridine rings is 1. The fourth-order valence-electron chi connectivity index (χ4n) is 3.29. The first-order valence-corrected chi connectivity index (χ1v) is 9.79. The summed E-state index contributed by atoms with van der Waals surface area (Å²) in [6, 6.07) is 22.5. The second-order valence-electron chi connectivity index (χ2n) is 6.52. The molecule has 29 heavy (non-hydrogen) atoms. The molecular weight excluding hydrogens is 430 g/mol. The number of carbonyl (C=O) groups is 1. The number of nitrogens with zero attached hydrogens (tertiary/aromatic N) is 2. The Balaban J connectivity index is 1.48. The molecular formula is C23H14BrN3O2. The van der Waals surface area contributed by atoms with E-state index in [1.165, 1.54) is 0 Å². The fraction of sp³-hybridized carbons (Fsp3) is 0. The smallest absolute Gasteiger partial charge is 0.256 e. The van der Waals surface area contributed by atoms with Crippen molar-refractivity contribution in [2.75, 3.05) is 5.32 Å². The van der Waals surface area contributed by atoms with E-state index in [9.17, 15) is 4.79 Å². The third kappa shape index (κ3) is 3.28. The average molecular weight is 444 g/mol. The number of nitrogens with one attached hydrogen (secondary N) is 1. The van der Waals surface area contributed by atoms with Crippen LogP contribution in [-0.4, -0.2) is 15.9 Å². The van der Waals surface area contributed by atoms with Crippen molar-refractivity contribution in [2.24, 2.45) is 0 Å². The summed E-state index contributed by atoms with van der Waals surface area (Å²) in [4.78, 5) is 21.6. The minimum atomic E-state index is -0.176.